The number of benzene rings is 1. The van der Waals surface area contributed by atoms with Gasteiger partial charge in [-0.25, -0.2) is 0 Å². The van der Waals surface area contributed by atoms with Crippen LogP contribution in [-0.4, -0.2) is 30.5 Å². The molecule has 0 aliphatic carbocycles. The second-order valence-corrected chi connectivity index (χ2v) is 4.60. The smallest absolute Gasteiger partial charge is 0.161 e. The molecular formula is C15H21N3O2. The molecule has 0 spiro atoms. The van der Waals surface area contributed by atoms with Gasteiger partial charge in [0.1, 0.15) is 0 Å². The van der Waals surface area contributed by atoms with Crippen LogP contribution in [0.1, 0.15) is 11.3 Å². The lowest BCUT2D eigenvalue weighted by Crippen LogP contribution is -2.17. The number of methoxy groups -OCH3 is 2. The van der Waals surface area contributed by atoms with Crippen LogP contribution in [0.25, 0.3) is 0 Å². The van der Waals surface area contributed by atoms with Gasteiger partial charge in [0, 0.05) is 32.8 Å². The number of nitrogens with zero attached hydrogens (tertiary/aromatic N) is 2. The molecule has 20 heavy (non-hydrogen) atoms. The lowest BCUT2D eigenvalue weighted by Gasteiger charge is -2.10. The molecule has 108 valence electrons. The summed E-state index contributed by atoms with van der Waals surface area (Å²) in [7, 11) is 5.22. The Morgan fingerprint density at radius 1 is 1.15 bits per heavy atom. The average Bonchev–Trinajstić information content (AvgIpc) is 2.89. The molecule has 0 aliphatic heterocycles. The van der Waals surface area contributed by atoms with Crippen LogP contribution in [0.5, 0.6) is 11.5 Å². The van der Waals surface area contributed by atoms with Crippen molar-refractivity contribution in [2.45, 2.75) is 13.0 Å². The van der Waals surface area contributed by atoms with Crippen molar-refractivity contribution in [1.29, 1.82) is 0 Å². The molecule has 0 amide bonds. The first-order valence-corrected chi connectivity index (χ1v) is 6.63. The molecule has 2 rings (SSSR count). The fraction of sp³-hybridized carbons (Fsp3) is 0.400. The molecule has 0 saturated heterocycles. The first-order valence-electron chi connectivity index (χ1n) is 6.63. The number of nitrogens with one attached hydrogen (secondary N) is 1. The van der Waals surface area contributed by atoms with Crippen LogP contribution in [0, 0.1) is 0 Å². The maximum atomic E-state index is 5.29. The van der Waals surface area contributed by atoms with Crippen molar-refractivity contribution in [2.24, 2.45) is 7.05 Å². The SMILES string of the molecule is COc1ccc(CNCCc2ccn(C)n2)cc1OC. The van der Waals surface area contributed by atoms with Gasteiger partial charge in [-0.15, -0.1) is 0 Å². The Hall–Kier alpha value is -2.01. The van der Waals surface area contributed by atoms with Gasteiger partial charge >= 0.3 is 0 Å². The van der Waals surface area contributed by atoms with E-state index in [1.54, 1.807) is 14.2 Å². The highest BCUT2D eigenvalue weighted by atomic mass is 16.5. The highest BCUT2D eigenvalue weighted by Gasteiger charge is 2.04. The lowest BCUT2D eigenvalue weighted by molar-refractivity contribution is 0.354. The molecule has 1 N–H and O–H groups in total. The van der Waals surface area contributed by atoms with Crippen LogP contribution in [0.4, 0.5) is 0 Å². The van der Waals surface area contributed by atoms with Gasteiger partial charge in [0.05, 0.1) is 19.9 Å². The van der Waals surface area contributed by atoms with Crippen LogP contribution in [0.15, 0.2) is 30.5 Å². The van der Waals surface area contributed by atoms with E-state index in [1.165, 1.54) is 5.56 Å². The summed E-state index contributed by atoms with van der Waals surface area (Å²) in [6.45, 7) is 1.69. The quantitative estimate of drug-likeness (QED) is 0.782. The minimum Gasteiger partial charge on any atom is -0.493 e. The predicted molar refractivity (Wildman–Crippen MR) is 78.2 cm³/mol. The van der Waals surface area contributed by atoms with Gasteiger partial charge in [0.15, 0.2) is 11.5 Å². The largest absolute Gasteiger partial charge is 0.493 e. The Bertz CT molecular complexity index is 552. The molecule has 0 atom stereocenters. The van der Waals surface area contributed by atoms with Crippen molar-refractivity contribution in [1.82, 2.24) is 15.1 Å². The molecule has 1 aromatic heterocycles. The number of hydrogen-bond donors (Lipinski definition) is 1. The summed E-state index contributed by atoms with van der Waals surface area (Å²) < 4.78 is 12.3. The third kappa shape index (κ3) is 3.74. The maximum Gasteiger partial charge on any atom is 0.161 e. The monoisotopic (exact) mass is 275 g/mol. The first kappa shape index (κ1) is 14.4. The van der Waals surface area contributed by atoms with E-state index in [1.807, 2.05) is 42.2 Å². The van der Waals surface area contributed by atoms with Gasteiger partial charge in [-0.3, -0.25) is 4.68 Å². The average molecular weight is 275 g/mol. The van der Waals surface area contributed by atoms with Gasteiger partial charge in [0.25, 0.3) is 0 Å². The van der Waals surface area contributed by atoms with Crippen molar-refractivity contribution in [3.63, 3.8) is 0 Å². The lowest BCUT2D eigenvalue weighted by atomic mass is 10.2. The number of aryl methyl sites for hydroxylation is 1. The highest BCUT2D eigenvalue weighted by molar-refractivity contribution is 5.42. The zero-order valence-electron chi connectivity index (χ0n) is 12.2. The molecule has 2 aromatic rings. The molecule has 5 nitrogen and oxygen atoms in total. The zero-order chi connectivity index (χ0) is 14.4. The molecule has 0 bridgehead atoms. The molecule has 0 radical (unpaired) electrons. The van der Waals surface area contributed by atoms with Crippen molar-refractivity contribution < 1.29 is 9.47 Å². The molecule has 0 saturated carbocycles. The molecule has 1 aromatic carbocycles. The highest BCUT2D eigenvalue weighted by Crippen LogP contribution is 2.27. The van der Waals surface area contributed by atoms with Crippen molar-refractivity contribution >= 4 is 0 Å². The van der Waals surface area contributed by atoms with E-state index in [0.29, 0.717) is 0 Å². The van der Waals surface area contributed by atoms with Gasteiger partial charge in [-0.2, -0.15) is 5.10 Å². The fourth-order valence-corrected chi connectivity index (χ4v) is 2.04. The minimum atomic E-state index is 0.754. The van der Waals surface area contributed by atoms with Crippen LogP contribution in [0.2, 0.25) is 0 Å². The summed E-state index contributed by atoms with van der Waals surface area (Å²) in [6, 6.07) is 7.99. The Morgan fingerprint density at radius 3 is 2.60 bits per heavy atom. The molecule has 0 unspecified atom stereocenters. The molecular weight excluding hydrogens is 254 g/mol. The first-order chi connectivity index (χ1) is 9.72. The Morgan fingerprint density at radius 2 is 1.95 bits per heavy atom. The van der Waals surface area contributed by atoms with E-state index < -0.39 is 0 Å². The third-order valence-corrected chi connectivity index (χ3v) is 3.10. The molecule has 0 aliphatic rings. The zero-order valence-corrected chi connectivity index (χ0v) is 12.2. The van der Waals surface area contributed by atoms with Crippen LogP contribution in [-0.2, 0) is 20.0 Å². The maximum absolute atomic E-state index is 5.29. The van der Waals surface area contributed by atoms with Crippen LogP contribution < -0.4 is 14.8 Å². The van der Waals surface area contributed by atoms with Crippen molar-refractivity contribution in [3.05, 3.63) is 41.7 Å². The minimum absolute atomic E-state index is 0.754. The van der Waals surface area contributed by atoms with E-state index in [9.17, 15) is 0 Å². The summed E-state index contributed by atoms with van der Waals surface area (Å²) in [5.41, 5.74) is 2.27. The fourth-order valence-electron chi connectivity index (χ4n) is 2.04. The van der Waals surface area contributed by atoms with Crippen LogP contribution in [0.3, 0.4) is 0 Å². The number of rotatable bonds is 7. The topological polar surface area (TPSA) is 48.3 Å². The molecule has 1 heterocycles. The van der Waals surface area contributed by atoms with E-state index in [-0.39, 0.29) is 0 Å². The Labute approximate surface area is 119 Å². The summed E-state index contributed by atoms with van der Waals surface area (Å²) in [5, 5.41) is 7.75. The van der Waals surface area contributed by atoms with Gasteiger partial charge in [-0.05, 0) is 23.8 Å². The number of ether oxygens (including phenoxy) is 2. The second kappa shape index (κ2) is 6.96. The molecule has 0 fully saturated rings. The van der Waals surface area contributed by atoms with E-state index in [2.05, 4.69) is 10.4 Å². The number of hydrogen-bond acceptors (Lipinski definition) is 4. The second-order valence-electron chi connectivity index (χ2n) is 4.60. The van der Waals surface area contributed by atoms with Gasteiger partial charge in [-0.1, -0.05) is 6.07 Å². The predicted octanol–water partition coefficient (Wildman–Crippen LogP) is 1.77. The summed E-state index contributed by atoms with van der Waals surface area (Å²) in [6.07, 6.45) is 2.89. The van der Waals surface area contributed by atoms with Crippen LogP contribution >= 0.6 is 0 Å². The number of aromatic nitrogens is 2. The summed E-state index contributed by atoms with van der Waals surface area (Å²) >= 11 is 0. The van der Waals surface area contributed by atoms with Crippen molar-refractivity contribution in [2.75, 3.05) is 20.8 Å². The molecule has 5 heteroatoms. The van der Waals surface area contributed by atoms with E-state index in [4.69, 9.17) is 9.47 Å². The summed E-state index contributed by atoms with van der Waals surface area (Å²) in [4.78, 5) is 0. The van der Waals surface area contributed by atoms with Crippen molar-refractivity contribution in [3.8, 4) is 11.5 Å². The Balaban J connectivity index is 1.82. The van der Waals surface area contributed by atoms with Gasteiger partial charge in [0.2, 0.25) is 0 Å². The van der Waals surface area contributed by atoms with Gasteiger partial charge < -0.3 is 14.8 Å². The standard InChI is InChI=1S/C15H21N3O2/c1-18-9-7-13(17-18)6-8-16-11-12-4-5-14(19-2)15(10-12)20-3/h4-5,7,9-10,16H,6,8,11H2,1-3H3. The van der Waals surface area contributed by atoms with E-state index in [0.717, 1.165) is 36.7 Å². The normalized spacial score (nSPS) is 10.6. The Kier molecular flexibility index (Phi) is 5.01. The summed E-state index contributed by atoms with van der Waals surface area (Å²) in [5.74, 6) is 1.52. The van der Waals surface area contributed by atoms with E-state index >= 15 is 0 Å². The third-order valence-electron chi connectivity index (χ3n) is 3.10.